The third-order valence-corrected chi connectivity index (χ3v) is 1.90. The Labute approximate surface area is 60.5 Å². The second-order valence-corrected chi connectivity index (χ2v) is 2.74. The van der Waals surface area contributed by atoms with Crippen molar-refractivity contribution in [2.75, 3.05) is 20.1 Å². The molecule has 0 bridgehead atoms. The van der Waals surface area contributed by atoms with E-state index in [2.05, 4.69) is 22.0 Å². The van der Waals surface area contributed by atoms with Gasteiger partial charge in [-0.15, -0.1) is 0 Å². The molecule has 1 aliphatic rings. The summed E-state index contributed by atoms with van der Waals surface area (Å²) in [5, 5.41) is 3.67. The van der Waals surface area contributed by atoms with Crippen molar-refractivity contribution >= 4 is 0 Å². The first kappa shape index (κ1) is 7.38. The highest BCUT2D eigenvalue weighted by atomic mass is 15.2. The van der Waals surface area contributed by atoms with Crippen LogP contribution in [0.4, 0.5) is 0 Å². The SMILES string of the molecule is CN1CCC(N=[N+]=[N-])CC1. The van der Waals surface area contributed by atoms with Gasteiger partial charge in [0.15, 0.2) is 0 Å². The average Bonchev–Trinajstić information content (AvgIpc) is 1.95. The molecule has 0 aromatic rings. The molecule has 1 rings (SSSR count). The summed E-state index contributed by atoms with van der Waals surface area (Å²) < 4.78 is 0. The van der Waals surface area contributed by atoms with Crippen LogP contribution in [0.1, 0.15) is 12.8 Å². The van der Waals surface area contributed by atoms with E-state index in [-0.39, 0.29) is 6.04 Å². The summed E-state index contributed by atoms with van der Waals surface area (Å²) in [6.45, 7) is 2.12. The molecule has 0 unspecified atom stereocenters. The predicted molar refractivity (Wildman–Crippen MR) is 39.7 cm³/mol. The first-order chi connectivity index (χ1) is 4.83. The van der Waals surface area contributed by atoms with E-state index in [9.17, 15) is 0 Å². The van der Waals surface area contributed by atoms with Crippen LogP contribution in [0.3, 0.4) is 0 Å². The number of nitrogens with zero attached hydrogens (tertiary/aromatic N) is 4. The van der Waals surface area contributed by atoms with Gasteiger partial charge in [-0.25, -0.2) is 0 Å². The first-order valence-electron chi connectivity index (χ1n) is 3.55. The number of hydrogen-bond acceptors (Lipinski definition) is 2. The van der Waals surface area contributed by atoms with Gasteiger partial charge < -0.3 is 4.90 Å². The normalized spacial score (nSPS) is 22.1. The van der Waals surface area contributed by atoms with Crippen LogP contribution < -0.4 is 0 Å². The van der Waals surface area contributed by atoms with Gasteiger partial charge in [0.2, 0.25) is 0 Å². The molecule has 0 aromatic heterocycles. The van der Waals surface area contributed by atoms with Gasteiger partial charge >= 0.3 is 0 Å². The molecular weight excluding hydrogens is 128 g/mol. The van der Waals surface area contributed by atoms with Gasteiger partial charge in [-0.1, -0.05) is 5.11 Å². The lowest BCUT2D eigenvalue weighted by Gasteiger charge is -2.25. The molecule has 0 N–H and O–H groups in total. The van der Waals surface area contributed by atoms with E-state index >= 15 is 0 Å². The van der Waals surface area contributed by atoms with Crippen molar-refractivity contribution in [3.63, 3.8) is 0 Å². The second-order valence-electron chi connectivity index (χ2n) is 2.74. The highest BCUT2D eigenvalue weighted by molar-refractivity contribution is 4.75. The Balaban J connectivity index is 2.32. The van der Waals surface area contributed by atoms with Crippen LogP contribution in [0.15, 0.2) is 5.11 Å². The van der Waals surface area contributed by atoms with Crippen molar-refractivity contribution < 1.29 is 0 Å². The number of likely N-dealkylation sites (tertiary alicyclic amines) is 1. The Kier molecular flexibility index (Phi) is 2.54. The minimum absolute atomic E-state index is 0.251. The first-order valence-corrected chi connectivity index (χ1v) is 3.55. The fourth-order valence-corrected chi connectivity index (χ4v) is 1.18. The summed E-state index contributed by atoms with van der Waals surface area (Å²) in [4.78, 5) is 5.04. The van der Waals surface area contributed by atoms with Crippen LogP contribution in [0, 0.1) is 0 Å². The van der Waals surface area contributed by atoms with Crippen LogP contribution >= 0.6 is 0 Å². The van der Waals surface area contributed by atoms with E-state index in [0.717, 1.165) is 25.9 Å². The zero-order chi connectivity index (χ0) is 7.40. The fourth-order valence-electron chi connectivity index (χ4n) is 1.18. The Morgan fingerprint density at radius 2 is 2.10 bits per heavy atom. The van der Waals surface area contributed by atoms with E-state index in [1.54, 1.807) is 0 Å². The van der Waals surface area contributed by atoms with Crippen LogP contribution in [0.25, 0.3) is 10.4 Å². The van der Waals surface area contributed by atoms with Crippen molar-refractivity contribution in [2.45, 2.75) is 18.9 Å². The lowest BCUT2D eigenvalue weighted by atomic mass is 10.1. The molecule has 1 saturated heterocycles. The highest BCUT2D eigenvalue weighted by Crippen LogP contribution is 2.11. The molecule has 0 spiro atoms. The molecule has 1 heterocycles. The molecule has 0 radical (unpaired) electrons. The molecule has 0 amide bonds. The van der Waals surface area contributed by atoms with Crippen LogP contribution in [-0.4, -0.2) is 31.1 Å². The van der Waals surface area contributed by atoms with Gasteiger partial charge in [0, 0.05) is 11.0 Å². The van der Waals surface area contributed by atoms with E-state index in [4.69, 9.17) is 5.53 Å². The van der Waals surface area contributed by atoms with Crippen molar-refractivity contribution in [3.05, 3.63) is 10.4 Å². The Bertz CT molecular complexity index is 142. The molecule has 0 atom stereocenters. The zero-order valence-electron chi connectivity index (χ0n) is 6.19. The van der Waals surface area contributed by atoms with Gasteiger partial charge in [-0.2, -0.15) is 0 Å². The smallest absolute Gasteiger partial charge is 0.0398 e. The third kappa shape index (κ3) is 1.90. The lowest BCUT2D eigenvalue weighted by Crippen LogP contribution is -2.31. The maximum atomic E-state index is 8.13. The van der Waals surface area contributed by atoms with Crippen molar-refractivity contribution in [2.24, 2.45) is 5.11 Å². The van der Waals surface area contributed by atoms with E-state index in [1.165, 1.54) is 0 Å². The molecule has 1 aliphatic heterocycles. The minimum Gasteiger partial charge on any atom is -0.306 e. The van der Waals surface area contributed by atoms with Gasteiger partial charge in [0.05, 0.1) is 0 Å². The van der Waals surface area contributed by atoms with Crippen molar-refractivity contribution in [3.8, 4) is 0 Å². The third-order valence-electron chi connectivity index (χ3n) is 1.90. The average molecular weight is 140 g/mol. The Morgan fingerprint density at radius 1 is 1.50 bits per heavy atom. The summed E-state index contributed by atoms with van der Waals surface area (Å²) in [6, 6.07) is 0.251. The predicted octanol–water partition coefficient (Wildman–Crippen LogP) is 1.39. The fraction of sp³-hybridized carbons (Fsp3) is 1.00. The van der Waals surface area contributed by atoms with Gasteiger partial charge in [-0.3, -0.25) is 0 Å². The molecule has 10 heavy (non-hydrogen) atoms. The number of rotatable bonds is 1. The summed E-state index contributed by atoms with van der Waals surface area (Å²) in [5.74, 6) is 0. The topological polar surface area (TPSA) is 52.0 Å². The molecule has 0 aromatic carbocycles. The van der Waals surface area contributed by atoms with Crippen LogP contribution in [-0.2, 0) is 0 Å². The Morgan fingerprint density at radius 3 is 2.60 bits per heavy atom. The van der Waals surface area contributed by atoms with Crippen molar-refractivity contribution in [1.29, 1.82) is 0 Å². The Hall–Kier alpha value is -0.730. The minimum atomic E-state index is 0.251. The van der Waals surface area contributed by atoms with E-state index in [1.807, 2.05) is 0 Å². The quantitative estimate of drug-likeness (QED) is 0.308. The van der Waals surface area contributed by atoms with Gasteiger partial charge in [-0.05, 0) is 38.5 Å². The van der Waals surface area contributed by atoms with Crippen molar-refractivity contribution in [1.82, 2.24) is 4.90 Å². The molecule has 4 heteroatoms. The lowest BCUT2D eigenvalue weighted by molar-refractivity contribution is 0.256. The molecule has 0 saturated carbocycles. The summed E-state index contributed by atoms with van der Waals surface area (Å²) >= 11 is 0. The molecule has 1 fully saturated rings. The van der Waals surface area contributed by atoms with Gasteiger partial charge in [0.25, 0.3) is 0 Å². The second kappa shape index (κ2) is 3.44. The standard InChI is InChI=1S/C6H12N4/c1-10-4-2-6(3-5-10)8-9-7/h6H,2-5H2,1H3. The van der Waals surface area contributed by atoms with E-state index in [0.29, 0.717) is 0 Å². The monoisotopic (exact) mass is 140 g/mol. The highest BCUT2D eigenvalue weighted by Gasteiger charge is 2.14. The molecule has 4 nitrogen and oxygen atoms in total. The van der Waals surface area contributed by atoms with E-state index < -0.39 is 0 Å². The number of hydrogen-bond donors (Lipinski definition) is 0. The summed E-state index contributed by atoms with van der Waals surface area (Å²) in [7, 11) is 2.09. The molecular formula is C6H12N4. The largest absolute Gasteiger partial charge is 0.306 e. The maximum absolute atomic E-state index is 8.13. The molecule has 56 valence electrons. The van der Waals surface area contributed by atoms with Crippen LogP contribution in [0.5, 0.6) is 0 Å². The van der Waals surface area contributed by atoms with Gasteiger partial charge in [0.1, 0.15) is 0 Å². The summed E-state index contributed by atoms with van der Waals surface area (Å²) in [5.41, 5.74) is 8.13. The number of azide groups is 1. The summed E-state index contributed by atoms with van der Waals surface area (Å²) in [6.07, 6.45) is 2.03. The number of piperidine rings is 1. The molecule has 0 aliphatic carbocycles. The van der Waals surface area contributed by atoms with Crippen LogP contribution in [0.2, 0.25) is 0 Å². The zero-order valence-corrected chi connectivity index (χ0v) is 6.19. The maximum Gasteiger partial charge on any atom is 0.0398 e.